The molecule has 2 nitrogen and oxygen atoms in total. The van der Waals surface area contributed by atoms with Gasteiger partial charge in [0.1, 0.15) is 0 Å². The van der Waals surface area contributed by atoms with Gasteiger partial charge in [0.05, 0.1) is 0 Å². The molecule has 1 aromatic rings. The standard InChI is InChI=1S/C17H24BrNO/c1-12-10-13(2)14(3)19(11-12)9-8-17(20)15-6-4-5-7-16(15)18/h4-7,12-14H,8-11H2,1-3H3. The van der Waals surface area contributed by atoms with Gasteiger partial charge in [-0.2, -0.15) is 0 Å². The Hall–Kier alpha value is -0.670. The summed E-state index contributed by atoms with van der Waals surface area (Å²) in [6, 6.07) is 8.28. The molecule has 3 unspecified atom stereocenters. The Kier molecular flexibility index (Phi) is 5.39. The molecule has 1 aromatic carbocycles. The molecule has 0 saturated carbocycles. The predicted octanol–water partition coefficient (Wildman–Crippen LogP) is 4.39. The van der Waals surface area contributed by atoms with E-state index in [9.17, 15) is 4.79 Å². The zero-order chi connectivity index (χ0) is 14.7. The number of hydrogen-bond acceptors (Lipinski definition) is 2. The number of ketones is 1. The molecule has 3 atom stereocenters. The lowest BCUT2D eigenvalue weighted by atomic mass is 9.86. The van der Waals surface area contributed by atoms with Crippen LogP contribution in [0.5, 0.6) is 0 Å². The smallest absolute Gasteiger partial charge is 0.165 e. The van der Waals surface area contributed by atoms with Crippen LogP contribution in [-0.4, -0.2) is 29.8 Å². The zero-order valence-electron chi connectivity index (χ0n) is 12.6. The number of carbonyl (C=O) groups excluding carboxylic acids is 1. The van der Waals surface area contributed by atoms with Crippen molar-refractivity contribution in [2.75, 3.05) is 13.1 Å². The number of Topliss-reactive ketones (excluding diaryl/α,β-unsaturated/α-hetero) is 1. The molecule has 0 amide bonds. The van der Waals surface area contributed by atoms with Crippen molar-refractivity contribution in [1.82, 2.24) is 4.90 Å². The fourth-order valence-corrected chi connectivity index (χ4v) is 3.70. The number of likely N-dealkylation sites (tertiary alicyclic amines) is 1. The van der Waals surface area contributed by atoms with Crippen molar-refractivity contribution in [2.24, 2.45) is 11.8 Å². The third-order valence-electron chi connectivity index (χ3n) is 4.52. The van der Waals surface area contributed by atoms with E-state index in [4.69, 9.17) is 0 Å². The summed E-state index contributed by atoms with van der Waals surface area (Å²) in [6.07, 6.45) is 1.90. The van der Waals surface area contributed by atoms with Crippen molar-refractivity contribution in [3.63, 3.8) is 0 Å². The second kappa shape index (κ2) is 6.86. The van der Waals surface area contributed by atoms with Crippen molar-refractivity contribution in [2.45, 2.75) is 39.7 Å². The summed E-state index contributed by atoms with van der Waals surface area (Å²) in [5.74, 6) is 1.69. The van der Waals surface area contributed by atoms with E-state index in [0.717, 1.165) is 35.0 Å². The quantitative estimate of drug-likeness (QED) is 0.759. The van der Waals surface area contributed by atoms with Crippen molar-refractivity contribution < 1.29 is 4.79 Å². The average molecular weight is 338 g/mol. The summed E-state index contributed by atoms with van der Waals surface area (Å²) in [5, 5.41) is 0. The Bertz CT molecular complexity index is 474. The van der Waals surface area contributed by atoms with Gasteiger partial charge < -0.3 is 0 Å². The van der Waals surface area contributed by atoms with Crippen LogP contribution in [0.25, 0.3) is 0 Å². The fourth-order valence-electron chi connectivity index (χ4n) is 3.19. The van der Waals surface area contributed by atoms with Crippen LogP contribution in [0.15, 0.2) is 28.7 Å². The fraction of sp³-hybridized carbons (Fsp3) is 0.588. The molecule has 1 aliphatic heterocycles. The molecular weight excluding hydrogens is 314 g/mol. The first-order valence-corrected chi connectivity index (χ1v) is 8.30. The Morgan fingerprint density at radius 1 is 1.30 bits per heavy atom. The van der Waals surface area contributed by atoms with Crippen molar-refractivity contribution in [1.29, 1.82) is 0 Å². The van der Waals surface area contributed by atoms with Crippen molar-refractivity contribution >= 4 is 21.7 Å². The molecule has 0 aromatic heterocycles. The van der Waals surface area contributed by atoms with Crippen LogP contribution in [0.4, 0.5) is 0 Å². The molecule has 0 aliphatic carbocycles. The van der Waals surface area contributed by atoms with Crippen LogP contribution in [0, 0.1) is 11.8 Å². The third kappa shape index (κ3) is 3.70. The first-order chi connectivity index (χ1) is 9.49. The van der Waals surface area contributed by atoms with Crippen molar-refractivity contribution in [3.05, 3.63) is 34.3 Å². The predicted molar refractivity (Wildman–Crippen MR) is 87.1 cm³/mol. The van der Waals surface area contributed by atoms with Crippen molar-refractivity contribution in [3.8, 4) is 0 Å². The summed E-state index contributed by atoms with van der Waals surface area (Å²) >= 11 is 3.46. The summed E-state index contributed by atoms with van der Waals surface area (Å²) < 4.78 is 0.901. The monoisotopic (exact) mass is 337 g/mol. The topological polar surface area (TPSA) is 20.3 Å². The molecule has 110 valence electrons. The van der Waals surface area contributed by atoms with E-state index in [2.05, 4.69) is 41.6 Å². The van der Waals surface area contributed by atoms with Gasteiger partial charge >= 0.3 is 0 Å². The van der Waals surface area contributed by atoms with Gasteiger partial charge in [-0.05, 0) is 31.2 Å². The number of halogens is 1. The molecule has 0 bridgehead atoms. The van der Waals surface area contributed by atoms with E-state index in [1.807, 2.05) is 24.3 Å². The maximum absolute atomic E-state index is 12.3. The van der Waals surface area contributed by atoms with Gasteiger partial charge in [0.2, 0.25) is 0 Å². The SMILES string of the molecule is CC1CC(C)C(C)N(CCC(=O)c2ccccc2Br)C1. The highest BCUT2D eigenvalue weighted by Gasteiger charge is 2.28. The highest BCUT2D eigenvalue weighted by atomic mass is 79.9. The van der Waals surface area contributed by atoms with Crippen LogP contribution >= 0.6 is 15.9 Å². The minimum absolute atomic E-state index is 0.232. The average Bonchev–Trinajstić information content (AvgIpc) is 2.41. The minimum atomic E-state index is 0.232. The molecule has 1 saturated heterocycles. The van der Waals surface area contributed by atoms with E-state index in [1.54, 1.807) is 0 Å². The molecule has 0 N–H and O–H groups in total. The van der Waals surface area contributed by atoms with Crippen LogP contribution in [0.2, 0.25) is 0 Å². The highest BCUT2D eigenvalue weighted by molar-refractivity contribution is 9.10. The lowest BCUT2D eigenvalue weighted by molar-refractivity contribution is 0.0720. The van der Waals surface area contributed by atoms with E-state index >= 15 is 0 Å². The van der Waals surface area contributed by atoms with Gasteiger partial charge in [-0.15, -0.1) is 0 Å². The van der Waals surface area contributed by atoms with Gasteiger partial charge in [-0.1, -0.05) is 48.0 Å². The van der Waals surface area contributed by atoms with Crippen LogP contribution in [0.3, 0.4) is 0 Å². The van der Waals surface area contributed by atoms with Gasteiger partial charge in [-0.3, -0.25) is 9.69 Å². The van der Waals surface area contributed by atoms with Gasteiger partial charge in [0, 0.05) is 35.6 Å². The van der Waals surface area contributed by atoms with E-state index in [-0.39, 0.29) is 5.78 Å². The van der Waals surface area contributed by atoms with Crippen LogP contribution in [-0.2, 0) is 0 Å². The molecule has 3 heteroatoms. The molecule has 0 spiro atoms. The Balaban J connectivity index is 1.95. The first-order valence-electron chi connectivity index (χ1n) is 7.50. The number of nitrogens with zero attached hydrogens (tertiary/aromatic N) is 1. The second-order valence-corrected chi connectivity index (χ2v) is 7.06. The van der Waals surface area contributed by atoms with E-state index < -0.39 is 0 Å². The third-order valence-corrected chi connectivity index (χ3v) is 5.21. The highest BCUT2D eigenvalue weighted by Crippen LogP contribution is 2.27. The Morgan fingerprint density at radius 3 is 2.70 bits per heavy atom. The molecule has 2 rings (SSSR count). The van der Waals surface area contributed by atoms with Crippen LogP contribution in [0.1, 0.15) is 44.0 Å². The molecule has 1 aliphatic rings. The number of benzene rings is 1. The maximum Gasteiger partial charge on any atom is 0.165 e. The maximum atomic E-state index is 12.3. The van der Waals surface area contributed by atoms with E-state index in [1.165, 1.54) is 6.42 Å². The molecular formula is C17H24BrNO. The second-order valence-electron chi connectivity index (χ2n) is 6.21. The number of rotatable bonds is 4. The zero-order valence-corrected chi connectivity index (χ0v) is 14.2. The van der Waals surface area contributed by atoms with Gasteiger partial charge in [-0.25, -0.2) is 0 Å². The number of hydrogen-bond donors (Lipinski definition) is 0. The number of carbonyl (C=O) groups is 1. The largest absolute Gasteiger partial charge is 0.300 e. The lowest BCUT2D eigenvalue weighted by Crippen LogP contribution is -2.46. The summed E-state index contributed by atoms with van der Waals surface area (Å²) in [6.45, 7) is 8.91. The summed E-state index contributed by atoms with van der Waals surface area (Å²) in [4.78, 5) is 14.8. The molecule has 1 fully saturated rings. The summed E-state index contributed by atoms with van der Waals surface area (Å²) in [5.41, 5.74) is 0.804. The normalized spacial score (nSPS) is 27.5. The molecule has 1 heterocycles. The first kappa shape index (κ1) is 15.7. The summed E-state index contributed by atoms with van der Waals surface area (Å²) in [7, 11) is 0. The minimum Gasteiger partial charge on any atom is -0.300 e. The lowest BCUT2D eigenvalue weighted by Gasteiger charge is -2.41. The van der Waals surface area contributed by atoms with E-state index in [0.29, 0.717) is 12.5 Å². The molecule has 20 heavy (non-hydrogen) atoms. The Labute approximate surface area is 130 Å². The number of piperidine rings is 1. The van der Waals surface area contributed by atoms with Gasteiger partial charge in [0.15, 0.2) is 5.78 Å². The van der Waals surface area contributed by atoms with Gasteiger partial charge in [0.25, 0.3) is 0 Å². The van der Waals surface area contributed by atoms with Crippen LogP contribution < -0.4 is 0 Å². The Morgan fingerprint density at radius 2 is 2.00 bits per heavy atom. The molecule has 0 radical (unpaired) electrons.